The highest BCUT2D eigenvalue weighted by atomic mass is 79.9. The van der Waals surface area contributed by atoms with Crippen LogP contribution in [0.15, 0.2) is 22.7 Å². The largest absolute Gasteiger partial charge is 0.497 e. The first-order valence-electron chi connectivity index (χ1n) is 5.62. The third-order valence-electron chi connectivity index (χ3n) is 2.94. The molecule has 92 valence electrons. The molecule has 0 spiro atoms. The third-order valence-corrected chi connectivity index (χ3v) is 4.49. The molecule has 0 bridgehead atoms. The Morgan fingerprint density at radius 3 is 2.82 bits per heavy atom. The summed E-state index contributed by atoms with van der Waals surface area (Å²) in [4.78, 5) is 11.8. The number of hydrogen-bond acceptors (Lipinski definition) is 2. The van der Waals surface area contributed by atoms with Crippen molar-refractivity contribution in [3.63, 3.8) is 0 Å². The van der Waals surface area contributed by atoms with Gasteiger partial charge in [-0.25, -0.2) is 0 Å². The van der Waals surface area contributed by atoms with E-state index in [2.05, 4.69) is 31.9 Å². The number of benzene rings is 1. The Morgan fingerprint density at radius 2 is 2.24 bits per heavy atom. The maximum absolute atomic E-state index is 11.9. The summed E-state index contributed by atoms with van der Waals surface area (Å²) >= 11 is 6.99. The lowest BCUT2D eigenvalue weighted by atomic mass is 10.1. The highest BCUT2D eigenvalue weighted by Gasteiger charge is 2.33. The molecule has 2 rings (SSSR count). The quantitative estimate of drug-likeness (QED) is 0.746. The maximum Gasteiger partial charge on any atom is 0.149 e. The number of methoxy groups -OCH3 is 1. The van der Waals surface area contributed by atoms with Gasteiger partial charge in [0.15, 0.2) is 0 Å². The van der Waals surface area contributed by atoms with Crippen LogP contribution in [-0.4, -0.2) is 17.7 Å². The molecule has 0 radical (unpaired) electrons. The molecule has 0 aromatic heterocycles. The van der Waals surface area contributed by atoms with E-state index in [1.54, 1.807) is 7.11 Å². The minimum Gasteiger partial charge on any atom is -0.497 e. The summed E-state index contributed by atoms with van der Waals surface area (Å²) in [5, 5.41) is 0. The average Bonchev–Trinajstić information content (AvgIpc) is 3.15. The van der Waals surface area contributed by atoms with Crippen LogP contribution >= 0.6 is 31.9 Å². The van der Waals surface area contributed by atoms with Gasteiger partial charge >= 0.3 is 0 Å². The van der Waals surface area contributed by atoms with Crippen molar-refractivity contribution in [2.45, 2.75) is 24.1 Å². The summed E-state index contributed by atoms with van der Waals surface area (Å²) in [6.45, 7) is 0. The third kappa shape index (κ3) is 3.32. The molecular formula is C13H14Br2O2. The van der Waals surface area contributed by atoms with E-state index < -0.39 is 0 Å². The lowest BCUT2D eigenvalue weighted by Crippen LogP contribution is -2.18. The molecule has 1 fully saturated rings. The Bertz CT molecular complexity index is 427. The van der Waals surface area contributed by atoms with Crippen LogP contribution in [0.2, 0.25) is 0 Å². The van der Waals surface area contributed by atoms with Gasteiger partial charge in [-0.05, 0) is 43.0 Å². The molecule has 1 aliphatic carbocycles. The molecule has 1 atom stereocenters. The molecule has 0 saturated heterocycles. The van der Waals surface area contributed by atoms with Gasteiger partial charge in [0.25, 0.3) is 0 Å². The highest BCUT2D eigenvalue weighted by Crippen LogP contribution is 2.34. The number of ether oxygens (including phenoxy) is 1. The van der Waals surface area contributed by atoms with E-state index in [-0.39, 0.29) is 4.83 Å². The number of Topliss-reactive ketones (excluding diaryl/α,β-unsaturated/α-hetero) is 1. The van der Waals surface area contributed by atoms with Crippen LogP contribution in [0.4, 0.5) is 0 Å². The number of halogens is 2. The lowest BCUT2D eigenvalue weighted by Gasteiger charge is -2.11. The zero-order valence-electron chi connectivity index (χ0n) is 9.58. The van der Waals surface area contributed by atoms with E-state index in [9.17, 15) is 4.79 Å². The van der Waals surface area contributed by atoms with Crippen molar-refractivity contribution in [1.82, 2.24) is 0 Å². The van der Waals surface area contributed by atoms with Crippen LogP contribution in [0.25, 0.3) is 0 Å². The second-order valence-corrected chi connectivity index (χ2v) is 6.27. The number of ketones is 1. The Labute approximate surface area is 118 Å². The smallest absolute Gasteiger partial charge is 0.149 e. The molecule has 1 aromatic rings. The molecule has 0 amide bonds. The zero-order chi connectivity index (χ0) is 12.4. The van der Waals surface area contributed by atoms with E-state index in [1.165, 1.54) is 0 Å². The number of carbonyl (C=O) groups is 1. The standard InChI is InChI=1S/C13H14Br2O2/c1-17-10-4-5-11(14)9(6-10)7-12(15)13(16)8-2-3-8/h4-6,8,12H,2-3,7H2,1H3. The Morgan fingerprint density at radius 1 is 1.53 bits per heavy atom. The van der Waals surface area contributed by atoms with Crippen molar-refractivity contribution in [2.24, 2.45) is 5.92 Å². The summed E-state index contributed by atoms with van der Waals surface area (Å²) in [5.41, 5.74) is 1.10. The summed E-state index contributed by atoms with van der Waals surface area (Å²) in [6, 6.07) is 5.83. The van der Waals surface area contributed by atoms with Gasteiger partial charge in [0.1, 0.15) is 11.5 Å². The van der Waals surface area contributed by atoms with Crippen molar-refractivity contribution >= 4 is 37.6 Å². The summed E-state index contributed by atoms with van der Waals surface area (Å²) in [7, 11) is 1.65. The monoisotopic (exact) mass is 360 g/mol. The molecular weight excluding hydrogens is 348 g/mol. The second-order valence-electron chi connectivity index (χ2n) is 4.31. The molecule has 1 aromatic carbocycles. The van der Waals surface area contributed by atoms with Gasteiger partial charge in [0, 0.05) is 10.4 Å². The first-order chi connectivity index (χ1) is 8.11. The minimum absolute atomic E-state index is 0.0848. The predicted molar refractivity (Wildman–Crippen MR) is 74.8 cm³/mol. The van der Waals surface area contributed by atoms with E-state index in [0.717, 1.165) is 28.6 Å². The Hall–Kier alpha value is -0.350. The zero-order valence-corrected chi connectivity index (χ0v) is 12.8. The van der Waals surface area contributed by atoms with Crippen LogP contribution in [0.1, 0.15) is 18.4 Å². The van der Waals surface area contributed by atoms with Crippen LogP contribution in [0.3, 0.4) is 0 Å². The normalized spacial score (nSPS) is 16.6. The lowest BCUT2D eigenvalue weighted by molar-refractivity contribution is -0.119. The number of rotatable bonds is 5. The van der Waals surface area contributed by atoms with Gasteiger partial charge in [-0.1, -0.05) is 31.9 Å². The van der Waals surface area contributed by atoms with Crippen molar-refractivity contribution in [3.05, 3.63) is 28.2 Å². The maximum atomic E-state index is 11.9. The van der Waals surface area contributed by atoms with E-state index in [1.807, 2.05) is 18.2 Å². The minimum atomic E-state index is -0.0848. The first kappa shape index (κ1) is 13.1. The summed E-state index contributed by atoms with van der Waals surface area (Å²) in [6.07, 6.45) is 2.81. The van der Waals surface area contributed by atoms with Crippen LogP contribution in [-0.2, 0) is 11.2 Å². The SMILES string of the molecule is COc1ccc(Br)c(CC(Br)C(=O)C2CC2)c1. The van der Waals surface area contributed by atoms with Crippen LogP contribution < -0.4 is 4.74 Å². The molecule has 1 saturated carbocycles. The van der Waals surface area contributed by atoms with E-state index >= 15 is 0 Å². The fourth-order valence-electron chi connectivity index (χ4n) is 1.75. The first-order valence-corrected chi connectivity index (χ1v) is 7.33. The van der Waals surface area contributed by atoms with E-state index in [4.69, 9.17) is 4.74 Å². The highest BCUT2D eigenvalue weighted by molar-refractivity contribution is 9.10. The van der Waals surface area contributed by atoms with Gasteiger partial charge in [0.05, 0.1) is 11.9 Å². The Kier molecular flexibility index (Phi) is 4.26. The Balaban J connectivity index is 2.08. The van der Waals surface area contributed by atoms with Crippen molar-refractivity contribution in [3.8, 4) is 5.75 Å². The average molecular weight is 362 g/mol. The van der Waals surface area contributed by atoms with Gasteiger partial charge in [-0.2, -0.15) is 0 Å². The van der Waals surface area contributed by atoms with E-state index in [0.29, 0.717) is 18.1 Å². The van der Waals surface area contributed by atoms with Crippen molar-refractivity contribution in [1.29, 1.82) is 0 Å². The van der Waals surface area contributed by atoms with Gasteiger partial charge < -0.3 is 4.74 Å². The van der Waals surface area contributed by atoms with Gasteiger partial charge in [-0.3, -0.25) is 4.79 Å². The van der Waals surface area contributed by atoms with Crippen LogP contribution in [0, 0.1) is 5.92 Å². The molecule has 1 unspecified atom stereocenters. The number of hydrogen-bond donors (Lipinski definition) is 0. The fourth-order valence-corrected chi connectivity index (χ4v) is 2.88. The van der Waals surface area contributed by atoms with Crippen molar-refractivity contribution in [2.75, 3.05) is 7.11 Å². The fraction of sp³-hybridized carbons (Fsp3) is 0.462. The topological polar surface area (TPSA) is 26.3 Å². The molecule has 0 N–H and O–H groups in total. The summed E-state index contributed by atoms with van der Waals surface area (Å²) in [5.74, 6) is 1.45. The molecule has 0 heterocycles. The second kappa shape index (κ2) is 5.53. The molecule has 0 aliphatic heterocycles. The molecule has 1 aliphatic rings. The summed E-state index contributed by atoms with van der Waals surface area (Å²) < 4.78 is 6.21. The molecule has 4 heteroatoms. The van der Waals surface area contributed by atoms with Crippen molar-refractivity contribution < 1.29 is 9.53 Å². The number of alkyl halides is 1. The number of carbonyl (C=O) groups excluding carboxylic acids is 1. The molecule has 17 heavy (non-hydrogen) atoms. The predicted octanol–water partition coefficient (Wildman–Crippen LogP) is 3.74. The molecule has 2 nitrogen and oxygen atoms in total. The van der Waals surface area contributed by atoms with Gasteiger partial charge in [0.2, 0.25) is 0 Å². The van der Waals surface area contributed by atoms with Gasteiger partial charge in [-0.15, -0.1) is 0 Å². The van der Waals surface area contributed by atoms with Crippen LogP contribution in [0.5, 0.6) is 5.75 Å².